The zero-order valence-corrected chi connectivity index (χ0v) is 8.97. The van der Waals surface area contributed by atoms with E-state index in [4.69, 9.17) is 0 Å². The van der Waals surface area contributed by atoms with Crippen LogP contribution in [-0.4, -0.2) is 13.1 Å². The molecule has 0 atom stereocenters. The Hall–Kier alpha value is -0.960. The number of benzene rings is 1. The van der Waals surface area contributed by atoms with Gasteiger partial charge in [-0.25, -0.2) is 8.78 Å². The molecule has 3 heteroatoms. The number of hydrogen-bond donors (Lipinski definition) is 1. The molecule has 0 bridgehead atoms. The summed E-state index contributed by atoms with van der Waals surface area (Å²) in [6, 6.07) is 6.55. The standard InChI is InChI=1S/C12H17F2N/c1-2-8-15-9-7-10-3-5-11(6-4-10)12(13)14/h3-6,12,15H,2,7-9H2,1H3. The Bertz CT molecular complexity index is 269. The van der Waals surface area contributed by atoms with E-state index in [9.17, 15) is 8.78 Å². The Morgan fingerprint density at radius 3 is 2.33 bits per heavy atom. The average molecular weight is 213 g/mol. The highest BCUT2D eigenvalue weighted by Gasteiger charge is 2.05. The lowest BCUT2D eigenvalue weighted by atomic mass is 10.1. The van der Waals surface area contributed by atoms with Gasteiger partial charge in [-0.15, -0.1) is 0 Å². The lowest BCUT2D eigenvalue weighted by Gasteiger charge is -2.04. The highest BCUT2D eigenvalue weighted by molar-refractivity contribution is 5.23. The molecule has 0 amide bonds. The molecule has 1 aromatic rings. The second-order valence-corrected chi connectivity index (χ2v) is 3.54. The van der Waals surface area contributed by atoms with Gasteiger partial charge in [-0.3, -0.25) is 0 Å². The number of hydrogen-bond acceptors (Lipinski definition) is 1. The highest BCUT2D eigenvalue weighted by atomic mass is 19.3. The zero-order valence-electron chi connectivity index (χ0n) is 8.97. The summed E-state index contributed by atoms with van der Waals surface area (Å²) in [5.74, 6) is 0. The van der Waals surface area contributed by atoms with Gasteiger partial charge in [0.05, 0.1) is 0 Å². The van der Waals surface area contributed by atoms with E-state index in [0.717, 1.165) is 31.5 Å². The van der Waals surface area contributed by atoms with Gasteiger partial charge < -0.3 is 5.32 Å². The summed E-state index contributed by atoms with van der Waals surface area (Å²) in [5.41, 5.74) is 1.20. The third kappa shape index (κ3) is 4.38. The fourth-order valence-corrected chi connectivity index (χ4v) is 1.36. The van der Waals surface area contributed by atoms with Crippen molar-refractivity contribution in [2.24, 2.45) is 0 Å². The summed E-state index contributed by atoms with van der Waals surface area (Å²) in [6.07, 6.45) is -0.356. The lowest BCUT2D eigenvalue weighted by Crippen LogP contribution is -2.17. The van der Waals surface area contributed by atoms with Crippen LogP contribution in [-0.2, 0) is 6.42 Å². The van der Waals surface area contributed by atoms with Gasteiger partial charge in [-0.05, 0) is 31.5 Å². The van der Waals surface area contributed by atoms with Gasteiger partial charge in [0.2, 0.25) is 0 Å². The maximum Gasteiger partial charge on any atom is 0.263 e. The van der Waals surface area contributed by atoms with Gasteiger partial charge in [0.15, 0.2) is 0 Å². The minimum absolute atomic E-state index is 0.0975. The maximum atomic E-state index is 12.2. The van der Waals surface area contributed by atoms with Crippen LogP contribution < -0.4 is 5.32 Å². The van der Waals surface area contributed by atoms with Crippen molar-refractivity contribution in [2.45, 2.75) is 26.2 Å². The number of nitrogens with one attached hydrogen (secondary N) is 1. The van der Waals surface area contributed by atoms with Crippen molar-refractivity contribution >= 4 is 0 Å². The topological polar surface area (TPSA) is 12.0 Å². The third-order valence-corrected chi connectivity index (χ3v) is 2.25. The van der Waals surface area contributed by atoms with Crippen molar-refractivity contribution in [1.29, 1.82) is 0 Å². The van der Waals surface area contributed by atoms with Crippen LogP contribution in [0.3, 0.4) is 0 Å². The monoisotopic (exact) mass is 213 g/mol. The highest BCUT2D eigenvalue weighted by Crippen LogP contribution is 2.18. The first-order valence-corrected chi connectivity index (χ1v) is 5.31. The molecule has 0 saturated carbocycles. The van der Waals surface area contributed by atoms with Crippen molar-refractivity contribution in [1.82, 2.24) is 5.32 Å². The molecule has 1 N–H and O–H groups in total. The molecule has 0 unspecified atom stereocenters. The molecule has 0 radical (unpaired) electrons. The van der Waals surface area contributed by atoms with E-state index in [1.165, 1.54) is 12.1 Å². The van der Waals surface area contributed by atoms with Crippen molar-refractivity contribution in [3.8, 4) is 0 Å². The van der Waals surface area contributed by atoms with Gasteiger partial charge in [0.25, 0.3) is 6.43 Å². The first kappa shape index (κ1) is 12.1. The Labute approximate surface area is 89.5 Å². The van der Waals surface area contributed by atoms with E-state index in [-0.39, 0.29) is 5.56 Å². The van der Waals surface area contributed by atoms with Crippen LogP contribution in [0.2, 0.25) is 0 Å². The molecule has 1 rings (SSSR count). The van der Waals surface area contributed by atoms with E-state index >= 15 is 0 Å². The van der Waals surface area contributed by atoms with E-state index in [0.29, 0.717) is 0 Å². The minimum atomic E-state index is -2.36. The van der Waals surface area contributed by atoms with Gasteiger partial charge in [-0.2, -0.15) is 0 Å². The predicted molar refractivity (Wildman–Crippen MR) is 58.3 cm³/mol. The normalized spacial score (nSPS) is 10.9. The zero-order chi connectivity index (χ0) is 11.1. The molecule has 0 aliphatic heterocycles. The lowest BCUT2D eigenvalue weighted by molar-refractivity contribution is 0.151. The summed E-state index contributed by atoms with van der Waals surface area (Å²) in [5, 5.41) is 3.27. The van der Waals surface area contributed by atoms with E-state index in [1.807, 2.05) is 0 Å². The van der Waals surface area contributed by atoms with Crippen LogP contribution in [0.15, 0.2) is 24.3 Å². The van der Waals surface area contributed by atoms with E-state index in [2.05, 4.69) is 12.2 Å². The van der Waals surface area contributed by atoms with Crippen LogP contribution in [0.25, 0.3) is 0 Å². The van der Waals surface area contributed by atoms with E-state index in [1.54, 1.807) is 12.1 Å². The molecule has 1 nitrogen and oxygen atoms in total. The first-order chi connectivity index (χ1) is 7.24. The summed E-state index contributed by atoms with van der Waals surface area (Å²) in [7, 11) is 0. The maximum absolute atomic E-state index is 12.2. The van der Waals surface area contributed by atoms with Crippen LogP contribution in [0.5, 0.6) is 0 Å². The van der Waals surface area contributed by atoms with Crippen LogP contribution in [0.1, 0.15) is 30.9 Å². The molecule has 0 saturated heterocycles. The minimum Gasteiger partial charge on any atom is -0.316 e. The smallest absolute Gasteiger partial charge is 0.263 e. The fraction of sp³-hybridized carbons (Fsp3) is 0.500. The summed E-state index contributed by atoms with van der Waals surface area (Å²) in [4.78, 5) is 0. The molecular formula is C12H17F2N. The van der Waals surface area contributed by atoms with Crippen molar-refractivity contribution < 1.29 is 8.78 Å². The molecule has 0 aromatic heterocycles. The molecule has 0 fully saturated rings. The Balaban J connectivity index is 2.36. The second kappa shape index (κ2) is 6.51. The molecule has 0 aliphatic rings. The first-order valence-electron chi connectivity index (χ1n) is 5.31. The molecule has 0 spiro atoms. The van der Waals surface area contributed by atoms with Crippen molar-refractivity contribution in [3.63, 3.8) is 0 Å². The fourth-order valence-electron chi connectivity index (χ4n) is 1.36. The van der Waals surface area contributed by atoms with Crippen LogP contribution >= 0.6 is 0 Å². The Kier molecular flexibility index (Phi) is 5.26. The molecule has 0 heterocycles. The number of halogens is 2. The molecule has 1 aromatic carbocycles. The van der Waals surface area contributed by atoms with E-state index < -0.39 is 6.43 Å². The summed E-state index contributed by atoms with van der Waals surface area (Å²) in [6.45, 7) is 4.03. The summed E-state index contributed by atoms with van der Waals surface area (Å²) < 4.78 is 24.5. The van der Waals surface area contributed by atoms with Crippen LogP contribution in [0.4, 0.5) is 8.78 Å². The average Bonchev–Trinajstić information content (AvgIpc) is 2.25. The Morgan fingerprint density at radius 1 is 1.13 bits per heavy atom. The molecule has 84 valence electrons. The van der Waals surface area contributed by atoms with Gasteiger partial charge in [-0.1, -0.05) is 31.2 Å². The van der Waals surface area contributed by atoms with Gasteiger partial charge >= 0.3 is 0 Å². The predicted octanol–water partition coefficient (Wildman–Crippen LogP) is 3.17. The Morgan fingerprint density at radius 2 is 1.80 bits per heavy atom. The molecular weight excluding hydrogens is 196 g/mol. The molecule has 15 heavy (non-hydrogen) atoms. The number of rotatable bonds is 6. The third-order valence-electron chi connectivity index (χ3n) is 2.25. The largest absolute Gasteiger partial charge is 0.316 e. The van der Waals surface area contributed by atoms with Gasteiger partial charge in [0.1, 0.15) is 0 Å². The number of alkyl halides is 2. The van der Waals surface area contributed by atoms with Gasteiger partial charge in [0, 0.05) is 5.56 Å². The molecule has 0 aliphatic carbocycles. The summed E-state index contributed by atoms with van der Waals surface area (Å²) >= 11 is 0. The SMILES string of the molecule is CCCNCCc1ccc(C(F)F)cc1. The van der Waals surface area contributed by atoms with Crippen molar-refractivity contribution in [2.75, 3.05) is 13.1 Å². The second-order valence-electron chi connectivity index (χ2n) is 3.54. The van der Waals surface area contributed by atoms with Crippen LogP contribution in [0, 0.1) is 0 Å². The quantitative estimate of drug-likeness (QED) is 0.716. The van der Waals surface area contributed by atoms with Crippen molar-refractivity contribution in [3.05, 3.63) is 35.4 Å².